The Kier molecular flexibility index (Phi) is 3.60. The summed E-state index contributed by atoms with van der Waals surface area (Å²) < 4.78 is 27.1. The molecule has 1 aromatic carbocycles. The van der Waals surface area contributed by atoms with Crippen LogP contribution in [0.3, 0.4) is 0 Å². The van der Waals surface area contributed by atoms with Gasteiger partial charge >= 0.3 is 0 Å². The summed E-state index contributed by atoms with van der Waals surface area (Å²) in [5.74, 6) is 0. The highest BCUT2D eigenvalue weighted by Crippen LogP contribution is 2.23. The zero-order valence-electron chi connectivity index (χ0n) is 11.2. The fraction of sp³-hybridized carbons (Fsp3) is 0.333. The van der Waals surface area contributed by atoms with Gasteiger partial charge in [0.2, 0.25) is 5.13 Å². The first-order valence-corrected chi connectivity index (χ1v) is 8.00. The van der Waals surface area contributed by atoms with Crippen LogP contribution in [-0.4, -0.2) is 18.6 Å². The molecule has 0 radical (unpaired) electrons. The van der Waals surface area contributed by atoms with Crippen molar-refractivity contribution in [3.8, 4) is 0 Å². The second kappa shape index (κ2) is 4.90. The number of hydrogen-bond acceptors (Lipinski definition) is 5. The smallest absolute Gasteiger partial charge is 0.253 e. The Morgan fingerprint density at radius 1 is 1.00 bits per heavy atom. The summed E-state index contributed by atoms with van der Waals surface area (Å²) in [5, 5.41) is 8.57. The molecule has 0 aliphatic carbocycles. The lowest BCUT2D eigenvalue weighted by Crippen LogP contribution is -2.14. The summed E-state index contributed by atoms with van der Waals surface area (Å²) in [5.41, 5.74) is 2.74. The maximum Gasteiger partial charge on any atom is 0.263 e. The van der Waals surface area contributed by atoms with Gasteiger partial charge in [0.05, 0.1) is 4.90 Å². The Morgan fingerprint density at radius 3 is 2.21 bits per heavy atom. The third-order valence-electron chi connectivity index (χ3n) is 2.83. The molecule has 0 unspecified atom stereocenters. The van der Waals surface area contributed by atoms with Crippen molar-refractivity contribution in [2.75, 3.05) is 4.72 Å². The average Bonchev–Trinajstić information content (AvgIpc) is 2.68. The highest BCUT2D eigenvalue weighted by atomic mass is 32.2. The molecule has 2 aromatic rings. The number of hydrogen-bond donors (Lipinski definition) is 1. The van der Waals surface area contributed by atoms with Crippen molar-refractivity contribution in [2.45, 2.75) is 32.6 Å². The molecular formula is C12H15N3O2S2. The van der Waals surface area contributed by atoms with Crippen molar-refractivity contribution in [1.82, 2.24) is 10.2 Å². The fourth-order valence-corrected chi connectivity index (χ4v) is 3.87. The summed E-state index contributed by atoms with van der Waals surface area (Å²) in [6.07, 6.45) is 0. The van der Waals surface area contributed by atoms with Crippen LogP contribution in [0.4, 0.5) is 5.13 Å². The van der Waals surface area contributed by atoms with E-state index in [0.717, 1.165) is 21.7 Å². The van der Waals surface area contributed by atoms with Gasteiger partial charge in [-0.3, -0.25) is 4.72 Å². The minimum absolute atomic E-state index is 0.281. The first-order chi connectivity index (χ1) is 8.79. The molecular weight excluding hydrogens is 282 g/mol. The average molecular weight is 297 g/mol. The highest BCUT2D eigenvalue weighted by Gasteiger charge is 2.19. The van der Waals surface area contributed by atoms with Gasteiger partial charge in [-0.2, -0.15) is 0 Å². The SMILES string of the molecule is Cc1nnc(NS(=O)(=O)c2cc(C)c(C)cc2C)s1. The normalized spacial score (nSPS) is 11.6. The van der Waals surface area contributed by atoms with Crippen LogP contribution in [0.1, 0.15) is 21.7 Å². The van der Waals surface area contributed by atoms with E-state index in [2.05, 4.69) is 14.9 Å². The molecule has 0 aliphatic rings. The van der Waals surface area contributed by atoms with Crippen molar-refractivity contribution in [1.29, 1.82) is 0 Å². The molecule has 0 fully saturated rings. The molecule has 19 heavy (non-hydrogen) atoms. The molecule has 0 bridgehead atoms. The molecule has 5 nitrogen and oxygen atoms in total. The van der Waals surface area contributed by atoms with Gasteiger partial charge < -0.3 is 0 Å². The van der Waals surface area contributed by atoms with E-state index in [-0.39, 0.29) is 10.0 Å². The molecule has 1 aromatic heterocycles. The molecule has 1 heterocycles. The van der Waals surface area contributed by atoms with Gasteiger partial charge in [-0.25, -0.2) is 8.42 Å². The van der Waals surface area contributed by atoms with E-state index in [1.54, 1.807) is 19.9 Å². The quantitative estimate of drug-likeness (QED) is 0.945. The zero-order chi connectivity index (χ0) is 14.2. The van der Waals surface area contributed by atoms with Gasteiger partial charge in [0.25, 0.3) is 10.0 Å². The van der Waals surface area contributed by atoms with E-state index in [9.17, 15) is 8.42 Å². The maximum atomic E-state index is 12.3. The van der Waals surface area contributed by atoms with Crippen molar-refractivity contribution < 1.29 is 8.42 Å². The number of rotatable bonds is 3. The van der Waals surface area contributed by atoms with Gasteiger partial charge in [-0.15, -0.1) is 10.2 Å². The van der Waals surface area contributed by atoms with E-state index in [0.29, 0.717) is 0 Å². The molecule has 102 valence electrons. The molecule has 0 saturated carbocycles. The topological polar surface area (TPSA) is 72.0 Å². The summed E-state index contributed by atoms with van der Waals surface area (Å²) in [6.45, 7) is 7.41. The molecule has 0 amide bonds. The second-order valence-corrected chi connectivity index (χ2v) is 7.27. The maximum absolute atomic E-state index is 12.3. The Hall–Kier alpha value is -1.47. The molecule has 0 aliphatic heterocycles. The lowest BCUT2D eigenvalue weighted by atomic mass is 10.1. The van der Waals surface area contributed by atoms with Crippen LogP contribution in [0.25, 0.3) is 0 Å². The number of nitrogens with one attached hydrogen (secondary N) is 1. The first-order valence-electron chi connectivity index (χ1n) is 5.70. The van der Waals surface area contributed by atoms with Crippen LogP contribution < -0.4 is 4.72 Å². The lowest BCUT2D eigenvalue weighted by molar-refractivity contribution is 0.600. The van der Waals surface area contributed by atoms with Crippen LogP contribution in [0.15, 0.2) is 17.0 Å². The van der Waals surface area contributed by atoms with E-state index < -0.39 is 10.0 Å². The van der Waals surface area contributed by atoms with Crippen LogP contribution in [-0.2, 0) is 10.0 Å². The predicted octanol–water partition coefficient (Wildman–Crippen LogP) is 2.57. The number of sulfonamides is 1. The lowest BCUT2D eigenvalue weighted by Gasteiger charge is -2.10. The number of aromatic nitrogens is 2. The minimum atomic E-state index is -3.61. The molecule has 0 atom stereocenters. The van der Waals surface area contributed by atoms with E-state index in [1.165, 1.54) is 11.3 Å². The van der Waals surface area contributed by atoms with Crippen molar-refractivity contribution in [3.05, 3.63) is 33.8 Å². The van der Waals surface area contributed by atoms with E-state index in [4.69, 9.17) is 0 Å². The predicted molar refractivity (Wildman–Crippen MR) is 76.1 cm³/mol. The summed E-state index contributed by atoms with van der Waals surface area (Å²) in [4.78, 5) is 0.281. The molecule has 2 rings (SSSR count). The van der Waals surface area contributed by atoms with Crippen molar-refractivity contribution >= 4 is 26.5 Å². The molecule has 1 N–H and O–H groups in total. The Labute approximate surface area is 116 Å². The van der Waals surface area contributed by atoms with E-state index >= 15 is 0 Å². The summed E-state index contributed by atoms with van der Waals surface area (Å²) in [6, 6.07) is 3.55. The molecule has 0 saturated heterocycles. The largest absolute Gasteiger partial charge is 0.263 e. The monoisotopic (exact) mass is 297 g/mol. The Morgan fingerprint density at radius 2 is 1.63 bits per heavy atom. The van der Waals surface area contributed by atoms with Gasteiger partial charge in [0.1, 0.15) is 5.01 Å². The van der Waals surface area contributed by atoms with Crippen LogP contribution in [0.5, 0.6) is 0 Å². The first kappa shape index (κ1) is 14.0. The zero-order valence-corrected chi connectivity index (χ0v) is 12.8. The van der Waals surface area contributed by atoms with Crippen LogP contribution >= 0.6 is 11.3 Å². The molecule has 7 heteroatoms. The number of benzene rings is 1. The highest BCUT2D eigenvalue weighted by molar-refractivity contribution is 7.93. The van der Waals surface area contributed by atoms with Crippen LogP contribution in [0.2, 0.25) is 0 Å². The minimum Gasteiger partial charge on any atom is -0.253 e. The van der Waals surface area contributed by atoms with Gasteiger partial charge in [0, 0.05) is 0 Å². The van der Waals surface area contributed by atoms with Gasteiger partial charge in [-0.1, -0.05) is 17.4 Å². The van der Waals surface area contributed by atoms with Crippen molar-refractivity contribution in [2.24, 2.45) is 0 Å². The van der Waals surface area contributed by atoms with Crippen LogP contribution in [0, 0.1) is 27.7 Å². The Balaban J connectivity index is 2.42. The van der Waals surface area contributed by atoms with Crippen molar-refractivity contribution in [3.63, 3.8) is 0 Å². The summed E-state index contributed by atoms with van der Waals surface area (Å²) >= 11 is 1.21. The number of nitrogens with zero attached hydrogens (tertiary/aromatic N) is 2. The third-order valence-corrected chi connectivity index (χ3v) is 5.19. The Bertz CT molecular complexity index is 721. The summed E-state index contributed by atoms with van der Waals surface area (Å²) in [7, 11) is -3.61. The van der Waals surface area contributed by atoms with Gasteiger partial charge in [-0.05, 0) is 50.5 Å². The molecule has 0 spiro atoms. The third kappa shape index (κ3) is 2.93. The van der Waals surface area contributed by atoms with Gasteiger partial charge in [0.15, 0.2) is 0 Å². The van der Waals surface area contributed by atoms with E-state index in [1.807, 2.05) is 19.9 Å². The number of aryl methyl sites for hydroxylation is 4. The fourth-order valence-electron chi connectivity index (χ4n) is 1.73. The number of anilines is 1. The second-order valence-electron chi connectivity index (χ2n) is 4.43. The standard InChI is InChI=1S/C12H15N3O2S2/c1-7-5-9(3)11(6-8(7)2)19(16,17)15-12-14-13-10(4)18-12/h5-6H,1-4H3,(H,14,15).